The Kier molecular flexibility index (Phi) is 6.30. The molecule has 0 bridgehead atoms. The van der Waals surface area contributed by atoms with Gasteiger partial charge in [0.2, 0.25) is 0 Å². The molecule has 1 aliphatic carbocycles. The molecular weight excluding hydrogens is 387 g/mol. The largest absolute Gasteiger partial charge is 0.484 e. The Labute approximate surface area is 175 Å². The van der Waals surface area contributed by atoms with Crippen molar-refractivity contribution in [2.75, 3.05) is 13.2 Å². The van der Waals surface area contributed by atoms with E-state index in [0.717, 1.165) is 50.6 Å². The van der Waals surface area contributed by atoms with Crippen LogP contribution in [0.25, 0.3) is 0 Å². The zero-order valence-electron chi connectivity index (χ0n) is 16.9. The molecule has 30 heavy (non-hydrogen) atoms. The molecule has 8 heteroatoms. The maximum Gasteiger partial charge on any atom is 0.271 e. The Bertz CT molecular complexity index is 877. The number of nitrogens with one attached hydrogen (secondary N) is 2. The van der Waals surface area contributed by atoms with E-state index in [2.05, 4.69) is 15.5 Å². The van der Waals surface area contributed by atoms with Crippen molar-refractivity contribution in [1.29, 1.82) is 0 Å². The van der Waals surface area contributed by atoms with Crippen LogP contribution >= 0.6 is 0 Å². The fourth-order valence-electron chi connectivity index (χ4n) is 4.27. The summed E-state index contributed by atoms with van der Waals surface area (Å²) in [5.74, 6) is -0.212. The highest BCUT2D eigenvalue weighted by atomic mass is 19.1. The van der Waals surface area contributed by atoms with E-state index >= 15 is 0 Å². The van der Waals surface area contributed by atoms with E-state index in [1.165, 1.54) is 24.3 Å². The molecule has 4 rings (SSSR count). The maximum absolute atomic E-state index is 13.0. The highest BCUT2D eigenvalue weighted by Gasteiger charge is 2.30. The van der Waals surface area contributed by atoms with Gasteiger partial charge < -0.3 is 15.0 Å². The van der Waals surface area contributed by atoms with E-state index < -0.39 is 0 Å². The van der Waals surface area contributed by atoms with E-state index in [-0.39, 0.29) is 36.3 Å². The molecule has 2 amide bonds. The number of ether oxygens (including phenoxy) is 1. The van der Waals surface area contributed by atoms with Gasteiger partial charge in [-0.15, -0.1) is 0 Å². The van der Waals surface area contributed by atoms with Gasteiger partial charge in [-0.25, -0.2) is 4.39 Å². The molecular formula is C22H27FN4O3. The average Bonchev–Trinajstić information content (AvgIpc) is 3.45. The Balaban J connectivity index is 1.39. The SMILES string of the molecule is O=C(NC1CCCC1)c1cc([C@@H]2CCCCN2C(=O)COc2ccc(F)cc2)[nH]n1. The van der Waals surface area contributed by atoms with Crippen LogP contribution in [0.4, 0.5) is 4.39 Å². The number of amides is 2. The van der Waals surface area contributed by atoms with Gasteiger partial charge >= 0.3 is 0 Å². The molecule has 1 atom stereocenters. The number of likely N-dealkylation sites (tertiary alicyclic amines) is 1. The van der Waals surface area contributed by atoms with Gasteiger partial charge in [-0.1, -0.05) is 12.8 Å². The summed E-state index contributed by atoms with van der Waals surface area (Å²) in [4.78, 5) is 27.1. The Morgan fingerprint density at radius 3 is 2.63 bits per heavy atom. The van der Waals surface area contributed by atoms with Gasteiger partial charge in [0.1, 0.15) is 17.3 Å². The lowest BCUT2D eigenvalue weighted by Gasteiger charge is -2.35. The third-order valence-corrected chi connectivity index (χ3v) is 5.88. The number of carbonyl (C=O) groups is 2. The highest BCUT2D eigenvalue weighted by Crippen LogP contribution is 2.30. The first-order chi connectivity index (χ1) is 14.6. The van der Waals surface area contributed by atoms with Crippen LogP contribution in [0, 0.1) is 5.82 Å². The number of benzene rings is 1. The molecule has 1 saturated heterocycles. The molecule has 1 aromatic heterocycles. The number of nitrogens with zero attached hydrogens (tertiary/aromatic N) is 2. The third-order valence-electron chi connectivity index (χ3n) is 5.88. The molecule has 2 heterocycles. The van der Waals surface area contributed by atoms with Crippen LogP contribution in [0.15, 0.2) is 30.3 Å². The topological polar surface area (TPSA) is 87.3 Å². The monoisotopic (exact) mass is 414 g/mol. The molecule has 2 N–H and O–H groups in total. The Morgan fingerprint density at radius 1 is 1.13 bits per heavy atom. The number of carbonyl (C=O) groups excluding carboxylic acids is 2. The molecule has 0 radical (unpaired) electrons. The first-order valence-electron chi connectivity index (χ1n) is 10.6. The van der Waals surface area contributed by atoms with Gasteiger partial charge in [-0.3, -0.25) is 14.7 Å². The number of piperidine rings is 1. The number of hydrogen-bond acceptors (Lipinski definition) is 4. The lowest BCUT2D eigenvalue weighted by atomic mass is 9.99. The molecule has 7 nitrogen and oxygen atoms in total. The van der Waals surface area contributed by atoms with Gasteiger partial charge in [0.05, 0.1) is 11.7 Å². The molecule has 0 unspecified atom stereocenters. The van der Waals surface area contributed by atoms with Crippen LogP contribution in [0.3, 0.4) is 0 Å². The van der Waals surface area contributed by atoms with Crippen molar-refractivity contribution < 1.29 is 18.7 Å². The summed E-state index contributed by atoms with van der Waals surface area (Å²) in [6, 6.07) is 7.42. The summed E-state index contributed by atoms with van der Waals surface area (Å²) in [6.07, 6.45) is 7.04. The van der Waals surface area contributed by atoms with Crippen molar-refractivity contribution in [1.82, 2.24) is 20.4 Å². The van der Waals surface area contributed by atoms with Crippen LogP contribution in [-0.4, -0.2) is 46.1 Å². The molecule has 2 aliphatic rings. The fourth-order valence-corrected chi connectivity index (χ4v) is 4.27. The predicted molar refractivity (Wildman–Crippen MR) is 109 cm³/mol. The van der Waals surface area contributed by atoms with E-state index in [4.69, 9.17) is 4.74 Å². The van der Waals surface area contributed by atoms with E-state index in [1.807, 2.05) is 0 Å². The molecule has 1 saturated carbocycles. The number of rotatable bonds is 6. The maximum atomic E-state index is 13.0. The number of hydrogen-bond donors (Lipinski definition) is 2. The number of H-pyrrole nitrogens is 1. The lowest BCUT2D eigenvalue weighted by molar-refractivity contribution is -0.137. The van der Waals surface area contributed by atoms with Crippen molar-refractivity contribution in [2.24, 2.45) is 0 Å². The third kappa shape index (κ3) is 4.80. The number of aromatic nitrogens is 2. The van der Waals surface area contributed by atoms with Crippen molar-refractivity contribution in [3.63, 3.8) is 0 Å². The first kappa shape index (κ1) is 20.4. The van der Waals surface area contributed by atoms with Crippen LogP contribution in [0.5, 0.6) is 5.75 Å². The highest BCUT2D eigenvalue weighted by molar-refractivity contribution is 5.92. The Morgan fingerprint density at radius 2 is 1.87 bits per heavy atom. The van der Waals surface area contributed by atoms with Crippen LogP contribution in [0.1, 0.15) is 67.2 Å². The Hall–Kier alpha value is -2.90. The summed E-state index contributed by atoms with van der Waals surface area (Å²) < 4.78 is 18.5. The summed E-state index contributed by atoms with van der Waals surface area (Å²) in [6.45, 7) is 0.504. The smallest absolute Gasteiger partial charge is 0.271 e. The van der Waals surface area contributed by atoms with Crippen molar-refractivity contribution in [3.8, 4) is 5.75 Å². The quantitative estimate of drug-likeness (QED) is 0.759. The number of aromatic amines is 1. The van der Waals surface area contributed by atoms with Crippen molar-refractivity contribution in [3.05, 3.63) is 47.5 Å². The van der Waals surface area contributed by atoms with Crippen LogP contribution in [-0.2, 0) is 4.79 Å². The second-order valence-corrected chi connectivity index (χ2v) is 8.00. The molecule has 2 fully saturated rings. The normalized spacial score (nSPS) is 19.6. The second-order valence-electron chi connectivity index (χ2n) is 8.00. The van der Waals surface area contributed by atoms with E-state index in [9.17, 15) is 14.0 Å². The van der Waals surface area contributed by atoms with E-state index in [1.54, 1.807) is 11.0 Å². The summed E-state index contributed by atoms with van der Waals surface area (Å²) >= 11 is 0. The lowest BCUT2D eigenvalue weighted by Crippen LogP contribution is -2.41. The van der Waals surface area contributed by atoms with Crippen molar-refractivity contribution in [2.45, 2.75) is 57.0 Å². The average molecular weight is 414 g/mol. The van der Waals surface area contributed by atoms with Gasteiger partial charge in [-0.2, -0.15) is 5.10 Å². The van der Waals surface area contributed by atoms with Crippen LogP contribution in [0.2, 0.25) is 0 Å². The van der Waals surface area contributed by atoms with Gasteiger partial charge in [-0.05, 0) is 62.4 Å². The first-order valence-corrected chi connectivity index (χ1v) is 10.6. The minimum absolute atomic E-state index is 0.120. The summed E-state index contributed by atoms with van der Waals surface area (Å²) in [5.41, 5.74) is 1.12. The minimum atomic E-state index is -0.350. The van der Waals surface area contributed by atoms with E-state index in [0.29, 0.717) is 18.0 Å². The molecule has 1 aromatic carbocycles. The molecule has 1 aliphatic heterocycles. The molecule has 0 spiro atoms. The summed E-state index contributed by atoms with van der Waals surface area (Å²) in [5, 5.41) is 10.2. The second kappa shape index (κ2) is 9.28. The van der Waals surface area contributed by atoms with Crippen LogP contribution < -0.4 is 10.1 Å². The predicted octanol–water partition coefficient (Wildman–Crippen LogP) is 3.35. The minimum Gasteiger partial charge on any atom is -0.484 e. The molecule has 2 aromatic rings. The van der Waals surface area contributed by atoms with Gasteiger partial charge in [0.25, 0.3) is 11.8 Å². The zero-order chi connectivity index (χ0) is 20.9. The van der Waals surface area contributed by atoms with Gasteiger partial charge in [0.15, 0.2) is 6.61 Å². The summed E-state index contributed by atoms with van der Waals surface area (Å²) in [7, 11) is 0. The standard InChI is InChI=1S/C22H27FN4O3/c23-15-8-10-17(11-9-15)30-14-21(28)27-12-4-3-7-20(27)18-13-19(26-25-18)22(29)24-16-5-1-2-6-16/h8-11,13,16,20H,1-7,12,14H2,(H,24,29)(H,25,26)/t20-/m0/s1. The van der Waals surface area contributed by atoms with Gasteiger partial charge in [0, 0.05) is 12.6 Å². The molecule has 160 valence electrons. The number of halogens is 1. The van der Waals surface area contributed by atoms with Crippen molar-refractivity contribution >= 4 is 11.8 Å². The fraction of sp³-hybridized carbons (Fsp3) is 0.500. The zero-order valence-corrected chi connectivity index (χ0v) is 16.9.